The molecule has 0 aliphatic carbocycles. The lowest BCUT2D eigenvalue weighted by atomic mass is 10.1. The third-order valence-electron chi connectivity index (χ3n) is 3.12. The van der Waals surface area contributed by atoms with Crippen molar-refractivity contribution >= 4 is 17.3 Å². The Kier molecular flexibility index (Phi) is 4.38. The maximum atomic E-state index is 12.2. The summed E-state index contributed by atoms with van der Waals surface area (Å²) in [5, 5.41) is 2.89. The molecule has 0 atom stereocenters. The Labute approximate surface area is 119 Å². The quantitative estimate of drug-likeness (QED) is 0.896. The number of amides is 1. The van der Waals surface area contributed by atoms with E-state index in [1.165, 1.54) is 0 Å². The summed E-state index contributed by atoms with van der Waals surface area (Å²) in [5.74, 6) is -0.136. The molecule has 2 rings (SSSR count). The van der Waals surface area contributed by atoms with Gasteiger partial charge in [-0.2, -0.15) is 0 Å². The van der Waals surface area contributed by atoms with Crippen LogP contribution in [0.5, 0.6) is 0 Å². The molecule has 4 nitrogen and oxygen atoms in total. The van der Waals surface area contributed by atoms with Gasteiger partial charge >= 0.3 is 0 Å². The molecule has 4 heteroatoms. The second-order valence-electron chi connectivity index (χ2n) is 4.76. The molecule has 0 bridgehead atoms. The van der Waals surface area contributed by atoms with Crippen molar-refractivity contribution in [2.24, 2.45) is 5.73 Å². The Morgan fingerprint density at radius 2 is 1.75 bits per heavy atom. The van der Waals surface area contributed by atoms with Gasteiger partial charge in [0.2, 0.25) is 0 Å². The molecule has 0 aliphatic rings. The Morgan fingerprint density at radius 3 is 2.35 bits per heavy atom. The third-order valence-corrected chi connectivity index (χ3v) is 3.12. The normalized spacial score (nSPS) is 10.2. The van der Waals surface area contributed by atoms with E-state index in [1.54, 1.807) is 6.07 Å². The number of rotatable bonds is 4. The zero-order valence-electron chi connectivity index (χ0n) is 11.8. The number of hydrogen-bond donors (Lipinski definition) is 2. The molecule has 0 spiro atoms. The standard InChI is InChI=1S/C16H19N3O/c1-19(2)14-9-7-13(8-10-14)18-16(20)15-6-4-3-5-12(15)11-17/h3-10H,11,17H2,1-2H3,(H,18,20). The van der Waals surface area contributed by atoms with Gasteiger partial charge in [-0.25, -0.2) is 0 Å². The van der Waals surface area contributed by atoms with E-state index >= 15 is 0 Å². The molecular weight excluding hydrogens is 250 g/mol. The molecule has 0 unspecified atom stereocenters. The van der Waals surface area contributed by atoms with Crippen molar-refractivity contribution in [3.05, 3.63) is 59.7 Å². The average molecular weight is 269 g/mol. The van der Waals surface area contributed by atoms with Crippen molar-refractivity contribution in [3.8, 4) is 0 Å². The van der Waals surface area contributed by atoms with Crippen molar-refractivity contribution < 1.29 is 4.79 Å². The summed E-state index contributed by atoms with van der Waals surface area (Å²) in [6, 6.07) is 15.1. The summed E-state index contributed by atoms with van der Waals surface area (Å²) in [6.07, 6.45) is 0. The molecule has 104 valence electrons. The molecule has 2 aromatic carbocycles. The SMILES string of the molecule is CN(C)c1ccc(NC(=O)c2ccccc2CN)cc1. The van der Waals surface area contributed by atoms with Crippen molar-refractivity contribution in [2.45, 2.75) is 6.54 Å². The van der Waals surface area contributed by atoms with Gasteiger partial charge in [0.1, 0.15) is 0 Å². The number of carbonyl (C=O) groups excluding carboxylic acids is 1. The van der Waals surface area contributed by atoms with Crippen LogP contribution in [0, 0.1) is 0 Å². The van der Waals surface area contributed by atoms with Crippen LogP contribution < -0.4 is 16.0 Å². The summed E-state index contributed by atoms with van der Waals surface area (Å²) in [6.45, 7) is 0.350. The van der Waals surface area contributed by atoms with E-state index in [-0.39, 0.29) is 5.91 Å². The highest BCUT2D eigenvalue weighted by Gasteiger charge is 2.10. The van der Waals surface area contributed by atoms with Crippen molar-refractivity contribution in [2.75, 3.05) is 24.3 Å². The Balaban J connectivity index is 2.15. The zero-order chi connectivity index (χ0) is 14.5. The summed E-state index contributed by atoms with van der Waals surface area (Å²) < 4.78 is 0. The summed E-state index contributed by atoms with van der Waals surface area (Å²) in [5.41, 5.74) is 8.97. The van der Waals surface area contributed by atoms with E-state index in [9.17, 15) is 4.79 Å². The fourth-order valence-electron chi connectivity index (χ4n) is 1.96. The number of nitrogens with zero attached hydrogens (tertiary/aromatic N) is 1. The lowest BCUT2D eigenvalue weighted by Crippen LogP contribution is -2.15. The molecule has 0 aliphatic heterocycles. The molecule has 0 fully saturated rings. The van der Waals surface area contributed by atoms with E-state index in [2.05, 4.69) is 5.32 Å². The molecule has 20 heavy (non-hydrogen) atoms. The highest BCUT2D eigenvalue weighted by atomic mass is 16.1. The number of anilines is 2. The minimum absolute atomic E-state index is 0.136. The highest BCUT2D eigenvalue weighted by molar-refractivity contribution is 6.05. The van der Waals surface area contributed by atoms with Crippen LogP contribution in [0.15, 0.2) is 48.5 Å². The maximum absolute atomic E-state index is 12.2. The van der Waals surface area contributed by atoms with E-state index < -0.39 is 0 Å². The predicted octanol–water partition coefficient (Wildman–Crippen LogP) is 2.46. The number of carbonyl (C=O) groups is 1. The van der Waals surface area contributed by atoms with Gasteiger partial charge in [0.15, 0.2) is 0 Å². The van der Waals surface area contributed by atoms with Crippen LogP contribution in [0.1, 0.15) is 15.9 Å². The van der Waals surface area contributed by atoms with Crippen molar-refractivity contribution in [3.63, 3.8) is 0 Å². The van der Waals surface area contributed by atoms with Gasteiger partial charge in [-0.3, -0.25) is 4.79 Å². The van der Waals surface area contributed by atoms with Crippen LogP contribution in [0.2, 0.25) is 0 Å². The molecule has 3 N–H and O–H groups in total. The number of benzene rings is 2. The van der Waals surface area contributed by atoms with Crippen LogP contribution in [-0.2, 0) is 6.54 Å². The lowest BCUT2D eigenvalue weighted by Gasteiger charge is -2.13. The largest absolute Gasteiger partial charge is 0.378 e. The summed E-state index contributed by atoms with van der Waals surface area (Å²) >= 11 is 0. The van der Waals surface area contributed by atoms with Gasteiger partial charge in [0, 0.05) is 37.6 Å². The van der Waals surface area contributed by atoms with Crippen molar-refractivity contribution in [1.29, 1.82) is 0 Å². The lowest BCUT2D eigenvalue weighted by molar-refractivity contribution is 0.102. The molecule has 0 saturated heterocycles. The average Bonchev–Trinajstić information content (AvgIpc) is 2.47. The molecule has 1 amide bonds. The Morgan fingerprint density at radius 1 is 1.10 bits per heavy atom. The van der Waals surface area contributed by atoms with Crippen LogP contribution in [0.4, 0.5) is 11.4 Å². The first-order valence-corrected chi connectivity index (χ1v) is 6.48. The Hall–Kier alpha value is -2.33. The van der Waals surface area contributed by atoms with E-state index in [0.717, 1.165) is 16.9 Å². The smallest absolute Gasteiger partial charge is 0.255 e. The summed E-state index contributed by atoms with van der Waals surface area (Å²) in [4.78, 5) is 14.2. The number of nitrogens with one attached hydrogen (secondary N) is 1. The molecule has 0 radical (unpaired) electrons. The molecule has 2 aromatic rings. The minimum Gasteiger partial charge on any atom is -0.378 e. The molecule has 0 aromatic heterocycles. The van der Waals surface area contributed by atoms with Gasteiger partial charge < -0.3 is 16.0 Å². The second kappa shape index (κ2) is 6.21. The van der Waals surface area contributed by atoms with Gasteiger partial charge in [0.05, 0.1) is 0 Å². The fraction of sp³-hybridized carbons (Fsp3) is 0.188. The monoisotopic (exact) mass is 269 g/mol. The number of hydrogen-bond acceptors (Lipinski definition) is 3. The van der Waals surface area contributed by atoms with Crippen molar-refractivity contribution in [1.82, 2.24) is 0 Å². The van der Waals surface area contributed by atoms with Gasteiger partial charge in [-0.1, -0.05) is 18.2 Å². The first-order chi connectivity index (χ1) is 9.61. The summed E-state index contributed by atoms with van der Waals surface area (Å²) in [7, 11) is 3.95. The molecule has 0 saturated carbocycles. The fourth-order valence-corrected chi connectivity index (χ4v) is 1.96. The first kappa shape index (κ1) is 14.1. The van der Waals surface area contributed by atoms with Crippen LogP contribution in [0.25, 0.3) is 0 Å². The van der Waals surface area contributed by atoms with Gasteiger partial charge in [-0.05, 0) is 35.9 Å². The first-order valence-electron chi connectivity index (χ1n) is 6.48. The van der Waals surface area contributed by atoms with E-state index in [4.69, 9.17) is 5.73 Å². The Bertz CT molecular complexity index is 591. The van der Waals surface area contributed by atoms with Crippen LogP contribution in [-0.4, -0.2) is 20.0 Å². The third kappa shape index (κ3) is 3.16. The van der Waals surface area contributed by atoms with E-state index in [0.29, 0.717) is 12.1 Å². The minimum atomic E-state index is -0.136. The zero-order valence-corrected chi connectivity index (χ0v) is 11.8. The predicted molar refractivity (Wildman–Crippen MR) is 83.1 cm³/mol. The maximum Gasteiger partial charge on any atom is 0.255 e. The topological polar surface area (TPSA) is 58.4 Å². The molecule has 0 heterocycles. The number of nitrogens with two attached hydrogens (primary N) is 1. The highest BCUT2D eigenvalue weighted by Crippen LogP contribution is 2.17. The second-order valence-corrected chi connectivity index (χ2v) is 4.76. The van der Waals surface area contributed by atoms with Gasteiger partial charge in [0.25, 0.3) is 5.91 Å². The van der Waals surface area contributed by atoms with Crippen LogP contribution >= 0.6 is 0 Å². The van der Waals surface area contributed by atoms with Gasteiger partial charge in [-0.15, -0.1) is 0 Å². The van der Waals surface area contributed by atoms with Crippen LogP contribution in [0.3, 0.4) is 0 Å². The molecular formula is C16H19N3O. The van der Waals surface area contributed by atoms with E-state index in [1.807, 2.05) is 61.5 Å².